The third kappa shape index (κ3) is 4.12. The number of halogens is 4. The summed E-state index contributed by atoms with van der Waals surface area (Å²) in [6.45, 7) is 4.62. The highest BCUT2D eigenvalue weighted by Crippen LogP contribution is 2.32. The van der Waals surface area contributed by atoms with Gasteiger partial charge in [-0.25, -0.2) is 14.4 Å². The molecule has 2 aromatic heterocycles. The molecule has 0 aromatic carbocycles. The fraction of sp³-hybridized carbons (Fsp3) is 0.333. The van der Waals surface area contributed by atoms with Crippen LogP contribution in [0.5, 0.6) is 0 Å². The van der Waals surface area contributed by atoms with Crippen molar-refractivity contribution in [3.05, 3.63) is 41.5 Å². The van der Waals surface area contributed by atoms with Crippen LogP contribution < -0.4 is 4.90 Å². The monoisotopic (exact) mass is 384 g/mol. The minimum atomic E-state index is -4.49. The summed E-state index contributed by atoms with van der Waals surface area (Å²) >= 11 is 0. The predicted octanol–water partition coefficient (Wildman–Crippen LogP) is 4.27. The van der Waals surface area contributed by atoms with Crippen LogP contribution in [0.1, 0.15) is 18.3 Å². The molecule has 0 spiro atoms. The Bertz CT molecular complexity index is 897. The molecule has 0 radical (unpaired) electrons. The van der Waals surface area contributed by atoms with Crippen molar-refractivity contribution in [3.63, 3.8) is 0 Å². The molecule has 2 rings (SSSR count). The molecule has 0 amide bonds. The average Bonchev–Trinajstić information content (AvgIpc) is 2.89. The van der Waals surface area contributed by atoms with E-state index in [0.717, 1.165) is 13.0 Å². The van der Waals surface area contributed by atoms with Gasteiger partial charge >= 0.3 is 6.18 Å². The second-order valence-electron chi connectivity index (χ2n) is 6.08. The minimum Gasteiger partial charge on any atom is -0.495 e. The maximum Gasteiger partial charge on any atom is 0.412 e. The number of pyridine rings is 1. The normalized spacial score (nSPS) is 12.3. The minimum absolute atomic E-state index is 0.0597. The van der Waals surface area contributed by atoms with E-state index < -0.39 is 17.6 Å². The van der Waals surface area contributed by atoms with Crippen LogP contribution in [0.2, 0.25) is 0 Å². The summed E-state index contributed by atoms with van der Waals surface area (Å²) in [4.78, 5) is 9.98. The summed E-state index contributed by atoms with van der Waals surface area (Å²) in [7, 11) is 6.31. The van der Waals surface area contributed by atoms with Crippen LogP contribution in [0.15, 0.2) is 24.3 Å². The lowest BCUT2D eigenvalue weighted by Gasteiger charge is -2.15. The van der Waals surface area contributed by atoms with E-state index in [1.54, 1.807) is 26.0 Å². The maximum atomic E-state index is 14.4. The molecule has 2 aromatic rings. The first-order valence-corrected chi connectivity index (χ1v) is 7.87. The number of aromatic nitrogens is 3. The first-order valence-electron chi connectivity index (χ1n) is 7.87. The number of ether oxygens (including phenoxy) is 1. The van der Waals surface area contributed by atoms with Gasteiger partial charge in [-0.15, -0.1) is 0 Å². The van der Waals surface area contributed by atoms with E-state index in [4.69, 9.17) is 4.74 Å². The Morgan fingerprint density at radius 3 is 2.41 bits per heavy atom. The molecule has 0 aliphatic rings. The number of methoxy groups -OCH3 is 1. The summed E-state index contributed by atoms with van der Waals surface area (Å²) < 4.78 is 59.7. The van der Waals surface area contributed by atoms with Crippen molar-refractivity contribution >= 4 is 17.7 Å². The molecular weight excluding hydrogens is 364 g/mol. The Labute approximate surface area is 154 Å². The molecule has 0 bridgehead atoms. The van der Waals surface area contributed by atoms with E-state index in [0.29, 0.717) is 11.5 Å². The summed E-state index contributed by atoms with van der Waals surface area (Å²) in [5.74, 6) is 0.0319. The third-order valence-electron chi connectivity index (χ3n) is 3.90. The van der Waals surface area contributed by atoms with Crippen molar-refractivity contribution in [1.82, 2.24) is 14.5 Å². The van der Waals surface area contributed by atoms with Gasteiger partial charge in [0.15, 0.2) is 11.6 Å². The van der Waals surface area contributed by atoms with Gasteiger partial charge in [0.25, 0.3) is 0 Å². The van der Waals surface area contributed by atoms with Crippen molar-refractivity contribution in [1.29, 1.82) is 0 Å². The smallest absolute Gasteiger partial charge is 0.412 e. The predicted molar refractivity (Wildman–Crippen MR) is 96.5 cm³/mol. The Kier molecular flexibility index (Phi) is 5.62. The summed E-state index contributed by atoms with van der Waals surface area (Å²) in [5, 5.41) is 0. The molecule has 0 saturated carbocycles. The van der Waals surface area contributed by atoms with E-state index in [-0.39, 0.29) is 23.0 Å². The van der Waals surface area contributed by atoms with E-state index in [2.05, 4.69) is 16.5 Å². The zero-order valence-electron chi connectivity index (χ0n) is 15.6. The van der Waals surface area contributed by atoms with Crippen molar-refractivity contribution in [2.45, 2.75) is 13.1 Å². The maximum absolute atomic E-state index is 14.4. The van der Waals surface area contributed by atoms with E-state index in [1.807, 2.05) is 0 Å². The van der Waals surface area contributed by atoms with Crippen LogP contribution in [0.25, 0.3) is 23.4 Å². The molecule has 0 fully saturated rings. The van der Waals surface area contributed by atoms with Crippen LogP contribution >= 0.6 is 0 Å². The van der Waals surface area contributed by atoms with Crippen LogP contribution in [0.3, 0.4) is 0 Å². The second kappa shape index (κ2) is 7.42. The molecule has 0 atom stereocenters. The highest BCUT2D eigenvalue weighted by molar-refractivity contribution is 5.70. The number of anilines is 1. The molecule has 0 aliphatic carbocycles. The van der Waals surface area contributed by atoms with Gasteiger partial charge < -0.3 is 14.2 Å². The number of hydrogen-bond donors (Lipinski definition) is 0. The lowest BCUT2D eigenvalue weighted by atomic mass is 10.2. The topological polar surface area (TPSA) is 43.2 Å². The van der Waals surface area contributed by atoms with E-state index in [9.17, 15) is 17.6 Å². The Morgan fingerprint density at radius 1 is 1.26 bits per heavy atom. The molecule has 0 unspecified atom stereocenters. The quantitative estimate of drug-likeness (QED) is 0.570. The fourth-order valence-electron chi connectivity index (χ4n) is 2.49. The van der Waals surface area contributed by atoms with E-state index >= 15 is 0 Å². The van der Waals surface area contributed by atoms with Crippen LogP contribution in [0.4, 0.5) is 23.4 Å². The van der Waals surface area contributed by atoms with Crippen molar-refractivity contribution in [2.24, 2.45) is 7.05 Å². The lowest BCUT2D eigenvalue weighted by molar-refractivity contribution is -0.0903. The molecule has 9 heteroatoms. The van der Waals surface area contributed by atoms with Crippen LogP contribution in [-0.4, -0.2) is 41.9 Å². The van der Waals surface area contributed by atoms with Crippen molar-refractivity contribution in [2.75, 3.05) is 26.1 Å². The molecule has 27 heavy (non-hydrogen) atoms. The SMILES string of the molecule is C=C(OC)c1ccc(F)c(-c2nc(/C=C(\C)C(F)(F)F)c(N(C)C)n2C)n1. The van der Waals surface area contributed by atoms with Crippen molar-refractivity contribution in [3.8, 4) is 11.5 Å². The van der Waals surface area contributed by atoms with Gasteiger partial charge in [0.1, 0.15) is 28.7 Å². The second-order valence-corrected chi connectivity index (χ2v) is 6.08. The standard InChI is InChI=1S/C18H20F4N4O/c1-10(18(20,21)22)9-14-17(25(3)4)26(5)16(24-14)15-12(19)7-8-13(23-15)11(2)27-6/h7-9H,2H2,1,3-6H3/b10-9+. The highest BCUT2D eigenvalue weighted by Gasteiger charge is 2.31. The zero-order valence-corrected chi connectivity index (χ0v) is 15.6. The zero-order chi connectivity index (χ0) is 20.5. The first kappa shape index (κ1) is 20.5. The number of imidazole rings is 1. The number of allylic oxidation sites excluding steroid dienone is 1. The van der Waals surface area contributed by atoms with Gasteiger partial charge in [0.2, 0.25) is 0 Å². The molecular formula is C18H20F4N4O. The molecule has 0 N–H and O–H groups in total. The van der Waals surface area contributed by atoms with Gasteiger partial charge in [0.05, 0.1) is 7.11 Å². The largest absolute Gasteiger partial charge is 0.495 e. The fourth-order valence-corrected chi connectivity index (χ4v) is 2.49. The Balaban J connectivity index is 2.70. The third-order valence-corrected chi connectivity index (χ3v) is 3.90. The van der Waals surface area contributed by atoms with Gasteiger partial charge in [-0.3, -0.25) is 0 Å². The molecule has 0 saturated heterocycles. The number of nitrogens with zero attached hydrogens (tertiary/aromatic N) is 4. The van der Waals surface area contributed by atoms with Crippen LogP contribution in [0, 0.1) is 5.82 Å². The van der Waals surface area contributed by atoms with Crippen molar-refractivity contribution < 1.29 is 22.3 Å². The van der Waals surface area contributed by atoms with Gasteiger partial charge in [-0.2, -0.15) is 13.2 Å². The van der Waals surface area contributed by atoms with Gasteiger partial charge in [-0.05, 0) is 25.1 Å². The van der Waals surface area contributed by atoms with Crippen LogP contribution in [-0.2, 0) is 11.8 Å². The average molecular weight is 384 g/mol. The Hall–Kier alpha value is -2.84. The number of alkyl halides is 3. The first-order chi connectivity index (χ1) is 12.5. The summed E-state index contributed by atoms with van der Waals surface area (Å²) in [6.07, 6.45) is -3.56. The lowest BCUT2D eigenvalue weighted by Crippen LogP contribution is -2.15. The molecule has 146 valence electrons. The van der Waals surface area contributed by atoms with E-state index in [1.165, 1.54) is 23.8 Å². The summed E-state index contributed by atoms with van der Waals surface area (Å²) in [5.41, 5.74) is -0.567. The van der Waals surface area contributed by atoms with Gasteiger partial charge in [0, 0.05) is 26.7 Å². The molecule has 5 nitrogen and oxygen atoms in total. The summed E-state index contributed by atoms with van der Waals surface area (Å²) in [6, 6.07) is 2.58. The van der Waals surface area contributed by atoms with Gasteiger partial charge in [-0.1, -0.05) is 6.58 Å². The number of rotatable bonds is 5. The number of hydrogen-bond acceptors (Lipinski definition) is 4. The molecule has 0 aliphatic heterocycles. The Morgan fingerprint density at radius 2 is 1.89 bits per heavy atom. The highest BCUT2D eigenvalue weighted by atomic mass is 19.4. The molecule has 2 heterocycles.